The Hall–Kier alpha value is -6.65. The van der Waals surface area contributed by atoms with Crippen molar-refractivity contribution >= 4 is 54.3 Å². The maximum absolute atomic E-state index is 6.70. The molecule has 4 heteroatoms. The van der Waals surface area contributed by atoms with Gasteiger partial charge in [-0.05, 0) is 56.3 Å². The second-order valence-corrected chi connectivity index (χ2v) is 12.4. The van der Waals surface area contributed by atoms with Crippen LogP contribution in [0, 0.1) is 0 Å². The van der Waals surface area contributed by atoms with Crippen LogP contribution in [-0.4, -0.2) is 15.0 Å². The van der Waals surface area contributed by atoms with Crippen molar-refractivity contribution in [2.45, 2.75) is 0 Å². The van der Waals surface area contributed by atoms with Crippen molar-refractivity contribution in [2.75, 3.05) is 0 Å². The number of fused-ring (bicyclic) bond motifs is 7. The largest absolute Gasteiger partial charge is 0.455 e. The molecule has 2 heterocycles. The number of aromatic nitrogens is 3. The molecule has 0 atom stereocenters. The molecule has 0 amide bonds. The van der Waals surface area contributed by atoms with Gasteiger partial charge in [-0.2, -0.15) is 0 Å². The van der Waals surface area contributed by atoms with Crippen LogP contribution >= 0.6 is 0 Å². The van der Waals surface area contributed by atoms with Crippen LogP contribution in [-0.2, 0) is 0 Å². The molecule has 10 aromatic rings. The zero-order valence-electron chi connectivity index (χ0n) is 26.3. The summed E-state index contributed by atoms with van der Waals surface area (Å²) in [7, 11) is 0. The highest BCUT2D eigenvalue weighted by atomic mass is 16.3. The first-order valence-electron chi connectivity index (χ1n) is 16.4. The molecule has 0 spiro atoms. The van der Waals surface area contributed by atoms with E-state index in [4.69, 9.17) is 19.4 Å². The summed E-state index contributed by atoms with van der Waals surface area (Å²) in [5, 5.41) is 9.08. The fraction of sp³-hybridized carbons (Fsp3) is 0. The molecule has 0 aliphatic rings. The van der Waals surface area contributed by atoms with Gasteiger partial charge in [0.05, 0.1) is 5.56 Å². The standard InChI is InChI=1S/C45H27N3O/c1-2-13-31(14-3-1)43-46-44(32-24-23-30-16-9-20-36(40(30)27-32)35-19-8-15-28-11-4-6-17-33(28)35)48-45(47-43)39-22-10-21-37-38-26-25-29-12-5-7-18-34(29)41(38)49-42(37)39/h1-27H. The minimum absolute atomic E-state index is 0.570. The number of hydrogen-bond acceptors (Lipinski definition) is 4. The highest BCUT2D eigenvalue weighted by molar-refractivity contribution is 6.17. The molecule has 8 aromatic carbocycles. The first-order valence-corrected chi connectivity index (χ1v) is 16.4. The van der Waals surface area contributed by atoms with Crippen LogP contribution in [0.5, 0.6) is 0 Å². The van der Waals surface area contributed by atoms with Gasteiger partial charge < -0.3 is 4.42 Å². The Morgan fingerprint density at radius 3 is 1.65 bits per heavy atom. The second-order valence-electron chi connectivity index (χ2n) is 12.4. The van der Waals surface area contributed by atoms with Gasteiger partial charge in [0.1, 0.15) is 11.2 Å². The van der Waals surface area contributed by atoms with Crippen molar-refractivity contribution in [3.63, 3.8) is 0 Å². The van der Waals surface area contributed by atoms with Crippen molar-refractivity contribution in [1.29, 1.82) is 0 Å². The van der Waals surface area contributed by atoms with Crippen molar-refractivity contribution in [1.82, 2.24) is 15.0 Å². The SMILES string of the molecule is c1ccc(-c2nc(-c3ccc4cccc(-c5cccc6ccccc56)c4c3)nc(-c3cccc4c3oc3c5ccccc5ccc43)n2)cc1. The zero-order valence-corrected chi connectivity index (χ0v) is 26.3. The third kappa shape index (κ3) is 4.49. The Kier molecular flexibility index (Phi) is 6.15. The van der Waals surface area contributed by atoms with Crippen LogP contribution < -0.4 is 0 Å². The van der Waals surface area contributed by atoms with Gasteiger partial charge in [-0.3, -0.25) is 0 Å². The van der Waals surface area contributed by atoms with Crippen LogP contribution in [0.25, 0.3) is 99.5 Å². The molecule has 49 heavy (non-hydrogen) atoms. The fourth-order valence-electron chi connectivity index (χ4n) is 7.15. The predicted octanol–water partition coefficient (Wildman–Crippen LogP) is 11.9. The molecule has 0 N–H and O–H groups in total. The monoisotopic (exact) mass is 625 g/mol. The highest BCUT2D eigenvalue weighted by Crippen LogP contribution is 2.39. The molecule has 228 valence electrons. The lowest BCUT2D eigenvalue weighted by atomic mass is 9.93. The molecule has 0 fully saturated rings. The smallest absolute Gasteiger partial charge is 0.167 e. The molecule has 0 unspecified atom stereocenters. The maximum Gasteiger partial charge on any atom is 0.167 e. The molecule has 0 aliphatic heterocycles. The normalized spacial score (nSPS) is 11.7. The van der Waals surface area contributed by atoms with Gasteiger partial charge in [0.25, 0.3) is 0 Å². The van der Waals surface area contributed by atoms with Crippen molar-refractivity contribution in [2.24, 2.45) is 0 Å². The Morgan fingerprint density at radius 2 is 0.837 bits per heavy atom. The van der Waals surface area contributed by atoms with Gasteiger partial charge in [0, 0.05) is 27.3 Å². The summed E-state index contributed by atoms with van der Waals surface area (Å²) < 4.78 is 6.70. The second kappa shape index (κ2) is 11.0. The quantitative estimate of drug-likeness (QED) is 0.195. The number of benzene rings is 8. The van der Waals surface area contributed by atoms with Gasteiger partial charge in [0.2, 0.25) is 0 Å². The van der Waals surface area contributed by atoms with E-state index in [-0.39, 0.29) is 0 Å². The lowest BCUT2D eigenvalue weighted by Crippen LogP contribution is -2.00. The molecule has 10 rings (SSSR count). The van der Waals surface area contributed by atoms with Gasteiger partial charge >= 0.3 is 0 Å². The summed E-state index contributed by atoms with van der Waals surface area (Å²) in [5.41, 5.74) is 6.68. The van der Waals surface area contributed by atoms with E-state index in [0.717, 1.165) is 60.2 Å². The Balaban J connectivity index is 1.20. The summed E-state index contributed by atoms with van der Waals surface area (Å²) in [4.78, 5) is 15.3. The van der Waals surface area contributed by atoms with E-state index in [1.165, 1.54) is 21.9 Å². The van der Waals surface area contributed by atoms with E-state index in [2.05, 4.69) is 127 Å². The molecule has 0 saturated heterocycles. The summed E-state index contributed by atoms with van der Waals surface area (Å²) in [6.07, 6.45) is 0. The van der Waals surface area contributed by atoms with Crippen LogP contribution in [0.4, 0.5) is 0 Å². The maximum atomic E-state index is 6.70. The van der Waals surface area contributed by atoms with E-state index in [1.807, 2.05) is 36.4 Å². The Bertz CT molecular complexity index is 2890. The summed E-state index contributed by atoms with van der Waals surface area (Å²) in [5.74, 6) is 1.79. The van der Waals surface area contributed by atoms with Gasteiger partial charge in [-0.1, -0.05) is 146 Å². The molecule has 2 aromatic heterocycles. The molecular weight excluding hydrogens is 599 g/mol. The minimum Gasteiger partial charge on any atom is -0.455 e. The summed E-state index contributed by atoms with van der Waals surface area (Å²) in [6, 6.07) is 57.0. The van der Waals surface area contributed by atoms with E-state index in [0.29, 0.717) is 17.5 Å². The predicted molar refractivity (Wildman–Crippen MR) is 201 cm³/mol. The van der Waals surface area contributed by atoms with Crippen molar-refractivity contribution in [3.8, 4) is 45.3 Å². The van der Waals surface area contributed by atoms with Crippen molar-refractivity contribution < 1.29 is 4.42 Å². The average Bonchev–Trinajstić information content (AvgIpc) is 3.57. The number of hydrogen-bond donors (Lipinski definition) is 0. The van der Waals surface area contributed by atoms with Crippen molar-refractivity contribution in [3.05, 3.63) is 164 Å². The van der Waals surface area contributed by atoms with Gasteiger partial charge in [0.15, 0.2) is 17.5 Å². The number of nitrogens with zero attached hydrogens (tertiary/aromatic N) is 3. The number of rotatable bonds is 4. The van der Waals surface area contributed by atoms with Crippen LogP contribution in [0.15, 0.2) is 168 Å². The lowest BCUT2D eigenvalue weighted by Gasteiger charge is -2.12. The summed E-state index contributed by atoms with van der Waals surface area (Å²) >= 11 is 0. The lowest BCUT2D eigenvalue weighted by molar-refractivity contribution is 0.673. The van der Waals surface area contributed by atoms with Gasteiger partial charge in [-0.25, -0.2) is 15.0 Å². The van der Waals surface area contributed by atoms with Gasteiger partial charge in [-0.15, -0.1) is 0 Å². The summed E-state index contributed by atoms with van der Waals surface area (Å²) in [6.45, 7) is 0. The van der Waals surface area contributed by atoms with E-state index < -0.39 is 0 Å². The number of furan rings is 1. The molecule has 0 radical (unpaired) electrons. The van der Waals surface area contributed by atoms with E-state index in [1.54, 1.807) is 0 Å². The Morgan fingerprint density at radius 1 is 0.306 bits per heavy atom. The molecule has 0 bridgehead atoms. The third-order valence-corrected chi connectivity index (χ3v) is 9.52. The van der Waals surface area contributed by atoms with E-state index in [9.17, 15) is 0 Å². The first-order chi connectivity index (χ1) is 24.3. The van der Waals surface area contributed by atoms with Crippen LogP contribution in [0.3, 0.4) is 0 Å². The Labute approximate surface area is 282 Å². The zero-order chi connectivity index (χ0) is 32.3. The van der Waals surface area contributed by atoms with Crippen LogP contribution in [0.1, 0.15) is 0 Å². The molecule has 0 saturated carbocycles. The molecule has 0 aliphatic carbocycles. The first kappa shape index (κ1) is 27.5. The molecular formula is C45H27N3O. The molecule has 4 nitrogen and oxygen atoms in total. The van der Waals surface area contributed by atoms with Crippen LogP contribution in [0.2, 0.25) is 0 Å². The average molecular weight is 626 g/mol. The topological polar surface area (TPSA) is 51.8 Å². The minimum atomic E-state index is 0.570. The highest BCUT2D eigenvalue weighted by Gasteiger charge is 2.19. The third-order valence-electron chi connectivity index (χ3n) is 9.52. The number of para-hydroxylation sites is 1. The fourth-order valence-corrected chi connectivity index (χ4v) is 7.15. The van der Waals surface area contributed by atoms with E-state index >= 15 is 0 Å².